The van der Waals surface area contributed by atoms with Crippen LogP contribution in [0.1, 0.15) is 29.7 Å². The van der Waals surface area contributed by atoms with Crippen LogP contribution in [0, 0.1) is 11.6 Å². The van der Waals surface area contributed by atoms with E-state index in [-0.39, 0.29) is 0 Å². The van der Waals surface area contributed by atoms with Crippen LogP contribution in [-0.2, 0) is 12.8 Å². The normalized spacial score (nSPS) is 15.1. The zero-order valence-corrected chi connectivity index (χ0v) is 10.2. The van der Waals surface area contributed by atoms with E-state index in [9.17, 15) is 0 Å². The van der Waals surface area contributed by atoms with Crippen molar-refractivity contribution in [3.63, 3.8) is 0 Å². The number of hydrogen-bond acceptors (Lipinski definition) is 2. The lowest BCUT2D eigenvalue weighted by Crippen LogP contribution is -2.03. The van der Waals surface area contributed by atoms with E-state index in [2.05, 4.69) is 22.1 Å². The summed E-state index contributed by atoms with van der Waals surface area (Å²) in [5, 5.41) is 0. The van der Waals surface area contributed by atoms with E-state index < -0.39 is 0 Å². The number of benzene rings is 1. The molecule has 2 aromatic rings. The SMILES string of the molecule is Cc1nc2cc3c(cc2[nH]c1=S)CCCC3. The van der Waals surface area contributed by atoms with Gasteiger partial charge in [-0.15, -0.1) is 0 Å². The topological polar surface area (TPSA) is 28.7 Å². The molecule has 0 bridgehead atoms. The lowest BCUT2D eigenvalue weighted by Gasteiger charge is -2.16. The summed E-state index contributed by atoms with van der Waals surface area (Å²) in [6.45, 7) is 1.96. The van der Waals surface area contributed by atoms with Gasteiger partial charge in [0, 0.05) is 0 Å². The van der Waals surface area contributed by atoms with Gasteiger partial charge in [0.25, 0.3) is 0 Å². The Morgan fingerprint density at radius 3 is 2.62 bits per heavy atom. The first-order valence-electron chi connectivity index (χ1n) is 5.76. The smallest absolute Gasteiger partial charge is 0.125 e. The largest absolute Gasteiger partial charge is 0.343 e. The van der Waals surface area contributed by atoms with Crippen molar-refractivity contribution in [2.75, 3.05) is 0 Å². The third-order valence-corrected chi connectivity index (χ3v) is 3.72. The van der Waals surface area contributed by atoms with E-state index in [4.69, 9.17) is 12.2 Å². The second-order valence-electron chi connectivity index (χ2n) is 4.50. The van der Waals surface area contributed by atoms with Crippen molar-refractivity contribution in [1.82, 2.24) is 9.97 Å². The van der Waals surface area contributed by atoms with Crippen LogP contribution in [0.2, 0.25) is 0 Å². The minimum atomic E-state index is 0.753. The molecule has 1 aliphatic rings. The van der Waals surface area contributed by atoms with Gasteiger partial charge in [-0.2, -0.15) is 0 Å². The molecule has 0 spiro atoms. The van der Waals surface area contributed by atoms with E-state index >= 15 is 0 Å². The van der Waals surface area contributed by atoms with E-state index in [0.29, 0.717) is 0 Å². The Hall–Kier alpha value is -1.22. The standard InChI is InChI=1S/C13H14N2S/c1-8-13(16)15-12-7-10-5-3-2-4-9(10)6-11(12)14-8/h6-7H,2-5H2,1H3,(H,15,16). The average Bonchev–Trinajstić information content (AvgIpc) is 2.28. The zero-order chi connectivity index (χ0) is 11.1. The summed E-state index contributed by atoms with van der Waals surface area (Å²) in [6, 6.07) is 4.45. The van der Waals surface area contributed by atoms with Crippen LogP contribution in [0.3, 0.4) is 0 Å². The number of H-pyrrole nitrogens is 1. The molecule has 0 saturated heterocycles. The van der Waals surface area contributed by atoms with Crippen LogP contribution in [0.5, 0.6) is 0 Å². The fraction of sp³-hybridized carbons (Fsp3) is 0.385. The quantitative estimate of drug-likeness (QED) is 0.702. The minimum Gasteiger partial charge on any atom is -0.343 e. The highest BCUT2D eigenvalue weighted by molar-refractivity contribution is 7.71. The highest BCUT2D eigenvalue weighted by atomic mass is 32.1. The van der Waals surface area contributed by atoms with E-state index in [1.54, 1.807) is 0 Å². The van der Waals surface area contributed by atoms with Gasteiger partial charge in [0.1, 0.15) is 4.64 Å². The maximum atomic E-state index is 5.22. The second-order valence-corrected chi connectivity index (χ2v) is 4.90. The number of nitrogens with one attached hydrogen (secondary N) is 1. The van der Waals surface area contributed by atoms with Gasteiger partial charge in [0.15, 0.2) is 0 Å². The summed E-state index contributed by atoms with van der Waals surface area (Å²) in [5.74, 6) is 0. The highest BCUT2D eigenvalue weighted by Gasteiger charge is 2.11. The Morgan fingerprint density at radius 2 is 1.88 bits per heavy atom. The molecule has 0 saturated carbocycles. The van der Waals surface area contributed by atoms with Crippen LogP contribution in [0.25, 0.3) is 11.0 Å². The Kier molecular flexibility index (Phi) is 2.28. The molecular formula is C13H14N2S. The number of nitrogens with zero attached hydrogens (tertiary/aromatic N) is 1. The number of aromatic amines is 1. The third-order valence-electron chi connectivity index (χ3n) is 3.33. The molecular weight excluding hydrogens is 216 g/mol. The fourth-order valence-corrected chi connectivity index (χ4v) is 2.57. The number of fused-ring (bicyclic) bond motifs is 2. The van der Waals surface area contributed by atoms with Crippen molar-refractivity contribution in [1.29, 1.82) is 0 Å². The molecule has 0 fully saturated rings. The molecule has 0 radical (unpaired) electrons. The van der Waals surface area contributed by atoms with Crippen molar-refractivity contribution in [2.24, 2.45) is 0 Å². The van der Waals surface area contributed by atoms with Gasteiger partial charge in [-0.1, -0.05) is 12.2 Å². The predicted octanol–water partition coefficient (Wildman–Crippen LogP) is 3.48. The predicted molar refractivity (Wildman–Crippen MR) is 68.3 cm³/mol. The van der Waals surface area contributed by atoms with Crippen LogP contribution in [0.15, 0.2) is 12.1 Å². The van der Waals surface area contributed by atoms with Gasteiger partial charge >= 0.3 is 0 Å². The number of hydrogen-bond donors (Lipinski definition) is 1. The summed E-state index contributed by atoms with van der Waals surface area (Å²) < 4.78 is 0.753. The Bertz CT molecular complexity index is 613. The van der Waals surface area contributed by atoms with Crippen LogP contribution < -0.4 is 0 Å². The minimum absolute atomic E-state index is 0.753. The molecule has 3 rings (SSSR count). The van der Waals surface area contributed by atoms with Gasteiger partial charge in [0.2, 0.25) is 0 Å². The summed E-state index contributed by atoms with van der Waals surface area (Å²) in [5.41, 5.74) is 5.98. The first-order chi connectivity index (χ1) is 7.74. The van der Waals surface area contributed by atoms with E-state index in [1.165, 1.54) is 36.8 Å². The molecule has 0 atom stereocenters. The molecule has 0 amide bonds. The number of rotatable bonds is 0. The second kappa shape index (κ2) is 3.67. The van der Waals surface area contributed by atoms with Gasteiger partial charge in [0.05, 0.1) is 16.7 Å². The van der Waals surface area contributed by atoms with E-state index in [0.717, 1.165) is 21.4 Å². The summed E-state index contributed by atoms with van der Waals surface area (Å²) >= 11 is 5.22. The molecule has 2 nitrogen and oxygen atoms in total. The number of aryl methyl sites for hydroxylation is 3. The van der Waals surface area contributed by atoms with Crippen molar-refractivity contribution in [2.45, 2.75) is 32.6 Å². The van der Waals surface area contributed by atoms with Gasteiger partial charge in [-0.05, 0) is 55.9 Å². The molecule has 1 heterocycles. The summed E-state index contributed by atoms with van der Waals surface area (Å²) in [4.78, 5) is 7.81. The lowest BCUT2D eigenvalue weighted by molar-refractivity contribution is 0.686. The Balaban J connectivity index is 2.31. The van der Waals surface area contributed by atoms with Gasteiger partial charge in [-0.25, -0.2) is 4.98 Å². The molecule has 3 heteroatoms. The van der Waals surface area contributed by atoms with Crippen molar-refractivity contribution in [3.8, 4) is 0 Å². The van der Waals surface area contributed by atoms with Crippen molar-refractivity contribution >= 4 is 23.3 Å². The molecule has 0 unspecified atom stereocenters. The summed E-state index contributed by atoms with van der Waals surface area (Å²) in [6.07, 6.45) is 5.00. The monoisotopic (exact) mass is 230 g/mol. The van der Waals surface area contributed by atoms with E-state index in [1.807, 2.05) is 6.92 Å². The third kappa shape index (κ3) is 1.55. The van der Waals surface area contributed by atoms with Crippen molar-refractivity contribution in [3.05, 3.63) is 33.6 Å². The van der Waals surface area contributed by atoms with Crippen molar-refractivity contribution < 1.29 is 0 Å². The zero-order valence-electron chi connectivity index (χ0n) is 9.34. The summed E-state index contributed by atoms with van der Waals surface area (Å²) in [7, 11) is 0. The molecule has 1 aliphatic carbocycles. The molecule has 82 valence electrons. The first kappa shape index (κ1) is 9.97. The molecule has 1 aromatic carbocycles. The highest BCUT2D eigenvalue weighted by Crippen LogP contribution is 2.25. The van der Waals surface area contributed by atoms with Crippen LogP contribution >= 0.6 is 12.2 Å². The molecule has 1 N–H and O–H groups in total. The first-order valence-corrected chi connectivity index (χ1v) is 6.17. The average molecular weight is 230 g/mol. The molecule has 1 aromatic heterocycles. The Morgan fingerprint density at radius 1 is 1.19 bits per heavy atom. The maximum absolute atomic E-state index is 5.22. The molecule has 16 heavy (non-hydrogen) atoms. The number of aromatic nitrogens is 2. The van der Waals surface area contributed by atoms with Gasteiger partial charge < -0.3 is 4.98 Å². The maximum Gasteiger partial charge on any atom is 0.125 e. The fourth-order valence-electron chi connectivity index (χ4n) is 2.41. The molecule has 0 aliphatic heterocycles. The van der Waals surface area contributed by atoms with Crippen LogP contribution in [0.4, 0.5) is 0 Å². The Labute approximate surface area is 99.7 Å². The van der Waals surface area contributed by atoms with Crippen LogP contribution in [-0.4, -0.2) is 9.97 Å². The lowest BCUT2D eigenvalue weighted by atomic mass is 9.91. The van der Waals surface area contributed by atoms with Gasteiger partial charge in [-0.3, -0.25) is 0 Å².